The minimum absolute atomic E-state index is 0.0921. The van der Waals surface area contributed by atoms with E-state index in [9.17, 15) is 4.79 Å². The molecule has 1 atom stereocenters. The van der Waals surface area contributed by atoms with Crippen LogP contribution in [0.1, 0.15) is 24.0 Å². The highest BCUT2D eigenvalue weighted by atomic mass is 16.2. The summed E-state index contributed by atoms with van der Waals surface area (Å²) in [7, 11) is 0. The van der Waals surface area contributed by atoms with Crippen LogP contribution in [0.5, 0.6) is 0 Å². The number of nitrogens with zero attached hydrogens (tertiary/aromatic N) is 2. The lowest BCUT2D eigenvalue weighted by molar-refractivity contribution is -0.130. The van der Waals surface area contributed by atoms with E-state index in [0.29, 0.717) is 13.0 Å². The minimum atomic E-state index is -1.02. The van der Waals surface area contributed by atoms with Gasteiger partial charge >= 0.3 is 0 Å². The predicted molar refractivity (Wildman–Crippen MR) is 105 cm³/mol. The van der Waals surface area contributed by atoms with E-state index in [-0.39, 0.29) is 11.9 Å². The summed E-state index contributed by atoms with van der Waals surface area (Å²) in [5, 5.41) is 11.7. The third kappa shape index (κ3) is 3.05. The van der Waals surface area contributed by atoms with Gasteiger partial charge in [-0.2, -0.15) is 0 Å². The van der Waals surface area contributed by atoms with Gasteiger partial charge in [-0.25, -0.2) is 0 Å². The minimum Gasteiger partial charge on any atom is -0.334 e. The van der Waals surface area contributed by atoms with E-state index < -0.39 is 5.54 Å². The highest BCUT2D eigenvalue weighted by Crippen LogP contribution is 2.38. The molecule has 0 spiro atoms. The first-order valence-corrected chi connectivity index (χ1v) is 9.22. The van der Waals surface area contributed by atoms with Crippen LogP contribution >= 0.6 is 0 Å². The Morgan fingerprint density at radius 3 is 2.59 bits per heavy atom. The van der Waals surface area contributed by atoms with Crippen LogP contribution in [0.25, 0.3) is 0 Å². The van der Waals surface area contributed by atoms with Crippen LogP contribution in [0.15, 0.2) is 78.7 Å². The fraction of sp³-hybridized carbons (Fsp3) is 0.227. The molecule has 2 N–H and O–H groups in total. The number of aromatic nitrogens is 1. The number of carbonyl (C=O) groups excluding carboxylic acids is 1. The van der Waals surface area contributed by atoms with Crippen molar-refractivity contribution in [3.05, 3.63) is 89.8 Å². The second-order valence-electron chi connectivity index (χ2n) is 6.79. The number of pyridine rings is 1. The van der Waals surface area contributed by atoms with E-state index in [4.69, 9.17) is 5.41 Å². The number of amides is 1. The molecule has 1 aromatic heterocycles. The normalized spacial score (nSPS) is 21.9. The molecule has 27 heavy (non-hydrogen) atoms. The maximum atomic E-state index is 13.6. The van der Waals surface area contributed by atoms with Crippen LogP contribution in [0.2, 0.25) is 0 Å². The molecule has 0 saturated carbocycles. The van der Waals surface area contributed by atoms with E-state index >= 15 is 0 Å². The van der Waals surface area contributed by atoms with Crippen molar-refractivity contribution in [3.8, 4) is 0 Å². The van der Waals surface area contributed by atoms with Gasteiger partial charge in [0, 0.05) is 18.9 Å². The zero-order valence-corrected chi connectivity index (χ0v) is 15.1. The maximum absolute atomic E-state index is 13.6. The molecule has 5 nitrogen and oxygen atoms in total. The number of allylic oxidation sites excluding steroid dienone is 2. The summed E-state index contributed by atoms with van der Waals surface area (Å²) in [6, 6.07) is 13.6. The zero-order chi connectivity index (χ0) is 18.7. The van der Waals surface area contributed by atoms with Crippen LogP contribution in [0, 0.1) is 5.41 Å². The average molecular weight is 358 g/mol. The molecule has 136 valence electrons. The number of rotatable bonds is 5. The second kappa shape index (κ2) is 7.19. The molecule has 1 saturated heterocycles. The Labute approximate surface area is 158 Å². The molecule has 1 aliphatic carbocycles. The molecule has 5 heteroatoms. The Morgan fingerprint density at radius 2 is 1.89 bits per heavy atom. The van der Waals surface area contributed by atoms with Gasteiger partial charge in [0.2, 0.25) is 0 Å². The lowest BCUT2D eigenvalue weighted by Crippen LogP contribution is -2.45. The van der Waals surface area contributed by atoms with E-state index in [2.05, 4.69) is 22.5 Å². The number of hydrogen-bond acceptors (Lipinski definition) is 3. The first-order chi connectivity index (χ1) is 13.2. The summed E-state index contributed by atoms with van der Waals surface area (Å²) in [4.78, 5) is 19.2. The van der Waals surface area contributed by atoms with Crippen LogP contribution in [0.4, 0.5) is 0 Å². The number of hydrogen-bond donors (Lipinski definition) is 2. The van der Waals surface area contributed by atoms with Crippen LogP contribution in [-0.4, -0.2) is 28.3 Å². The van der Waals surface area contributed by atoms with Gasteiger partial charge in [-0.15, -0.1) is 0 Å². The van der Waals surface area contributed by atoms with Crippen molar-refractivity contribution in [2.45, 2.75) is 24.8 Å². The topological polar surface area (TPSA) is 69.1 Å². The van der Waals surface area contributed by atoms with Gasteiger partial charge in [0.25, 0.3) is 5.91 Å². The van der Waals surface area contributed by atoms with E-state index in [1.165, 1.54) is 0 Å². The standard InChI is InChI=1S/C22H22N4O/c23-21-25-22(18-7-3-1-4-8-18,19-9-5-2-6-10-19)20(27)26(21)16-13-17-11-14-24-15-12-17/h1,3-5,7-12,14-15H,2,6,13,16H2,(H2,23,25). The Morgan fingerprint density at radius 1 is 1.11 bits per heavy atom. The SMILES string of the molecule is N=C1NC(C2=CCCC=C2)(c2ccccc2)C(=O)N1CCc1ccncc1. The third-order valence-corrected chi connectivity index (χ3v) is 5.15. The van der Waals surface area contributed by atoms with Crippen LogP contribution < -0.4 is 5.32 Å². The molecule has 4 rings (SSSR count). The third-order valence-electron chi connectivity index (χ3n) is 5.15. The highest BCUT2D eigenvalue weighted by Gasteiger charge is 2.52. The summed E-state index contributed by atoms with van der Waals surface area (Å²) >= 11 is 0. The molecule has 2 heterocycles. The summed E-state index contributed by atoms with van der Waals surface area (Å²) in [6.45, 7) is 0.459. The Hall–Kier alpha value is -3.21. The fourth-order valence-corrected chi connectivity index (χ4v) is 3.74. The monoisotopic (exact) mass is 358 g/mol. The maximum Gasteiger partial charge on any atom is 0.264 e. The van der Waals surface area contributed by atoms with E-state index in [0.717, 1.165) is 29.5 Å². The number of guanidine groups is 1. The molecule has 0 bridgehead atoms. The Bertz CT molecular complexity index is 904. The largest absolute Gasteiger partial charge is 0.334 e. The molecule has 1 fully saturated rings. The van der Waals surface area contributed by atoms with Gasteiger partial charge in [0.05, 0.1) is 0 Å². The van der Waals surface area contributed by atoms with Crippen molar-refractivity contribution in [1.29, 1.82) is 5.41 Å². The fourth-order valence-electron chi connectivity index (χ4n) is 3.74. The van der Waals surface area contributed by atoms with Gasteiger partial charge in [-0.05, 0) is 48.1 Å². The van der Waals surface area contributed by atoms with Gasteiger partial charge in [0.15, 0.2) is 11.5 Å². The lowest BCUT2D eigenvalue weighted by Gasteiger charge is -2.30. The highest BCUT2D eigenvalue weighted by molar-refractivity contribution is 6.10. The van der Waals surface area contributed by atoms with Crippen molar-refractivity contribution < 1.29 is 4.79 Å². The molecular formula is C22H22N4O. The van der Waals surface area contributed by atoms with Crippen LogP contribution in [0.3, 0.4) is 0 Å². The summed E-state index contributed by atoms with van der Waals surface area (Å²) in [5.41, 5.74) is 1.86. The molecular weight excluding hydrogens is 336 g/mol. The summed E-state index contributed by atoms with van der Waals surface area (Å²) in [6.07, 6.45) is 12.3. The van der Waals surface area contributed by atoms with Gasteiger partial charge in [-0.3, -0.25) is 20.1 Å². The van der Waals surface area contributed by atoms with Crippen molar-refractivity contribution in [1.82, 2.24) is 15.2 Å². The Kier molecular flexibility index (Phi) is 4.59. The zero-order valence-electron chi connectivity index (χ0n) is 15.1. The number of benzene rings is 1. The van der Waals surface area contributed by atoms with Crippen molar-refractivity contribution in [2.75, 3.05) is 6.54 Å². The molecule has 1 unspecified atom stereocenters. The predicted octanol–water partition coefficient (Wildman–Crippen LogP) is 3.16. The van der Waals surface area contributed by atoms with Crippen molar-refractivity contribution in [2.24, 2.45) is 0 Å². The van der Waals surface area contributed by atoms with Gasteiger partial charge < -0.3 is 5.32 Å². The van der Waals surface area contributed by atoms with Gasteiger partial charge in [0.1, 0.15) is 0 Å². The molecule has 1 aromatic carbocycles. The first-order valence-electron chi connectivity index (χ1n) is 9.22. The van der Waals surface area contributed by atoms with Crippen molar-refractivity contribution in [3.63, 3.8) is 0 Å². The molecule has 2 aromatic rings. The summed E-state index contributed by atoms with van der Waals surface area (Å²) in [5.74, 6) is 0.0586. The summed E-state index contributed by atoms with van der Waals surface area (Å²) < 4.78 is 0. The lowest BCUT2D eigenvalue weighted by atomic mass is 9.80. The molecule has 1 aliphatic heterocycles. The second-order valence-corrected chi connectivity index (χ2v) is 6.79. The molecule has 1 amide bonds. The Balaban J connectivity index is 1.68. The molecule has 0 radical (unpaired) electrons. The first kappa shape index (κ1) is 17.2. The van der Waals surface area contributed by atoms with Crippen molar-refractivity contribution >= 4 is 11.9 Å². The van der Waals surface area contributed by atoms with Gasteiger partial charge in [-0.1, -0.05) is 48.6 Å². The number of nitrogens with one attached hydrogen (secondary N) is 2. The van der Waals surface area contributed by atoms with E-state index in [1.807, 2.05) is 48.5 Å². The smallest absolute Gasteiger partial charge is 0.264 e. The van der Waals surface area contributed by atoms with Crippen LogP contribution in [-0.2, 0) is 16.8 Å². The number of carbonyl (C=O) groups is 1. The quantitative estimate of drug-likeness (QED) is 0.863. The van der Waals surface area contributed by atoms with E-state index in [1.54, 1.807) is 17.3 Å². The average Bonchev–Trinajstić information content (AvgIpc) is 2.99. The molecule has 2 aliphatic rings.